The molecule has 4 nitrogen and oxygen atoms in total. The molecule has 0 saturated carbocycles. The largest absolute Gasteiger partial charge is 0.467 e. The summed E-state index contributed by atoms with van der Waals surface area (Å²) in [5.74, 6) is 0.745. The van der Waals surface area contributed by atoms with Crippen LogP contribution in [-0.4, -0.2) is 20.7 Å². The van der Waals surface area contributed by atoms with Gasteiger partial charge in [0, 0.05) is 14.2 Å². The lowest BCUT2D eigenvalue weighted by Gasteiger charge is -2.12. The highest BCUT2D eigenvalue weighted by molar-refractivity contribution is 4.95. The minimum atomic E-state index is -0.630. The SMILES string of the molecule is COC(OC)OCc1ccco1. The first kappa shape index (κ1) is 9.25. The van der Waals surface area contributed by atoms with E-state index in [4.69, 9.17) is 18.6 Å². The Morgan fingerprint density at radius 2 is 2.17 bits per heavy atom. The molecule has 0 radical (unpaired) electrons. The normalized spacial score (nSPS) is 10.9. The van der Waals surface area contributed by atoms with Gasteiger partial charge >= 0.3 is 0 Å². The number of hydrogen-bond acceptors (Lipinski definition) is 4. The second-order valence-corrected chi connectivity index (χ2v) is 2.15. The van der Waals surface area contributed by atoms with Crippen molar-refractivity contribution in [3.8, 4) is 0 Å². The molecule has 1 aromatic rings. The summed E-state index contributed by atoms with van der Waals surface area (Å²) in [6.45, 7) is -0.283. The van der Waals surface area contributed by atoms with Gasteiger partial charge in [0.1, 0.15) is 12.4 Å². The summed E-state index contributed by atoms with van der Waals surface area (Å²) >= 11 is 0. The van der Waals surface area contributed by atoms with Crippen molar-refractivity contribution in [1.82, 2.24) is 0 Å². The molecule has 0 fully saturated rings. The molecule has 1 aromatic heterocycles. The Bertz CT molecular complexity index is 191. The summed E-state index contributed by atoms with van der Waals surface area (Å²) in [6, 6.07) is 3.62. The van der Waals surface area contributed by atoms with E-state index >= 15 is 0 Å². The van der Waals surface area contributed by atoms with Crippen LogP contribution in [0.15, 0.2) is 22.8 Å². The van der Waals surface area contributed by atoms with Gasteiger partial charge in [-0.2, -0.15) is 0 Å². The second-order valence-electron chi connectivity index (χ2n) is 2.15. The fraction of sp³-hybridized carbons (Fsp3) is 0.500. The Labute approximate surface area is 71.0 Å². The third kappa shape index (κ3) is 2.65. The maximum absolute atomic E-state index is 5.15. The zero-order valence-corrected chi connectivity index (χ0v) is 7.15. The van der Waals surface area contributed by atoms with Crippen molar-refractivity contribution in [2.24, 2.45) is 0 Å². The Balaban J connectivity index is 2.25. The van der Waals surface area contributed by atoms with Crippen LogP contribution in [-0.2, 0) is 20.8 Å². The molecule has 0 aliphatic carbocycles. The molecule has 1 heterocycles. The Hall–Kier alpha value is -0.840. The second kappa shape index (κ2) is 4.92. The number of methoxy groups -OCH3 is 2. The molecule has 12 heavy (non-hydrogen) atoms. The Morgan fingerprint density at radius 1 is 1.42 bits per heavy atom. The van der Waals surface area contributed by atoms with E-state index in [9.17, 15) is 0 Å². The fourth-order valence-corrected chi connectivity index (χ4v) is 0.777. The predicted octanol–water partition coefficient (Wildman–Crippen LogP) is 1.37. The smallest absolute Gasteiger partial charge is 0.271 e. The van der Waals surface area contributed by atoms with Gasteiger partial charge in [-0.1, -0.05) is 0 Å². The molecule has 0 spiro atoms. The van der Waals surface area contributed by atoms with Gasteiger partial charge in [-0.3, -0.25) is 0 Å². The first-order valence-corrected chi connectivity index (χ1v) is 3.56. The summed E-state index contributed by atoms with van der Waals surface area (Å²) in [6.07, 6.45) is 1.59. The van der Waals surface area contributed by atoms with Crippen LogP contribution in [0.5, 0.6) is 0 Å². The van der Waals surface area contributed by atoms with E-state index in [2.05, 4.69) is 0 Å². The van der Waals surface area contributed by atoms with Crippen LogP contribution in [0, 0.1) is 0 Å². The van der Waals surface area contributed by atoms with Gasteiger partial charge in [-0.05, 0) is 12.1 Å². The van der Waals surface area contributed by atoms with E-state index in [1.54, 1.807) is 12.3 Å². The number of rotatable bonds is 5. The predicted molar refractivity (Wildman–Crippen MR) is 41.3 cm³/mol. The summed E-state index contributed by atoms with van der Waals surface area (Å²) in [4.78, 5) is 0. The standard InChI is InChI=1S/C8H12O4/c1-9-8(10-2)12-6-7-4-3-5-11-7/h3-5,8H,6H2,1-2H3. The van der Waals surface area contributed by atoms with Crippen LogP contribution in [0.3, 0.4) is 0 Å². The number of hydrogen-bond donors (Lipinski definition) is 0. The van der Waals surface area contributed by atoms with E-state index in [0.29, 0.717) is 6.61 Å². The molecule has 0 aromatic carbocycles. The van der Waals surface area contributed by atoms with Gasteiger partial charge in [0.05, 0.1) is 6.26 Å². The fourth-order valence-electron chi connectivity index (χ4n) is 0.777. The molecule has 0 saturated heterocycles. The maximum Gasteiger partial charge on any atom is 0.271 e. The summed E-state index contributed by atoms with van der Waals surface area (Å²) in [5, 5.41) is 0. The van der Waals surface area contributed by atoms with Crippen LogP contribution < -0.4 is 0 Å². The monoisotopic (exact) mass is 172 g/mol. The molecule has 0 aliphatic rings. The molecule has 1 rings (SSSR count). The molecule has 4 heteroatoms. The highest BCUT2D eigenvalue weighted by atomic mass is 16.8. The van der Waals surface area contributed by atoms with Crippen molar-refractivity contribution in [3.63, 3.8) is 0 Å². The van der Waals surface area contributed by atoms with Crippen molar-refractivity contribution < 1.29 is 18.6 Å². The molecule has 0 amide bonds. The van der Waals surface area contributed by atoms with Gasteiger partial charge in [0.2, 0.25) is 0 Å². The Morgan fingerprint density at radius 3 is 2.67 bits per heavy atom. The van der Waals surface area contributed by atoms with E-state index in [-0.39, 0.29) is 0 Å². The first-order valence-electron chi connectivity index (χ1n) is 3.56. The molecular weight excluding hydrogens is 160 g/mol. The molecule has 68 valence electrons. The highest BCUT2D eigenvalue weighted by Crippen LogP contribution is 2.04. The number of furan rings is 1. The van der Waals surface area contributed by atoms with Crippen molar-refractivity contribution in [2.45, 2.75) is 13.1 Å². The molecular formula is C8H12O4. The molecule has 0 aliphatic heterocycles. The topological polar surface area (TPSA) is 40.8 Å². The lowest BCUT2D eigenvalue weighted by atomic mass is 10.5. The van der Waals surface area contributed by atoms with Gasteiger partial charge in [-0.15, -0.1) is 0 Å². The summed E-state index contributed by atoms with van der Waals surface area (Å²) in [5.41, 5.74) is 0. The van der Waals surface area contributed by atoms with E-state index < -0.39 is 6.48 Å². The summed E-state index contributed by atoms with van der Waals surface area (Å²) < 4.78 is 19.8. The highest BCUT2D eigenvalue weighted by Gasteiger charge is 2.05. The van der Waals surface area contributed by atoms with Crippen LogP contribution in [0.4, 0.5) is 0 Å². The van der Waals surface area contributed by atoms with E-state index in [1.165, 1.54) is 14.2 Å². The molecule has 0 unspecified atom stereocenters. The van der Waals surface area contributed by atoms with Crippen molar-refractivity contribution in [2.75, 3.05) is 14.2 Å². The lowest BCUT2D eigenvalue weighted by Crippen LogP contribution is -2.16. The molecule has 0 N–H and O–H groups in total. The van der Waals surface area contributed by atoms with E-state index in [1.807, 2.05) is 6.07 Å². The van der Waals surface area contributed by atoms with Gasteiger partial charge in [-0.25, -0.2) is 0 Å². The first-order chi connectivity index (χ1) is 5.86. The van der Waals surface area contributed by atoms with Crippen LogP contribution in [0.2, 0.25) is 0 Å². The van der Waals surface area contributed by atoms with Gasteiger partial charge < -0.3 is 18.6 Å². The third-order valence-electron chi connectivity index (χ3n) is 1.33. The zero-order chi connectivity index (χ0) is 8.81. The van der Waals surface area contributed by atoms with Gasteiger partial charge in [0.15, 0.2) is 0 Å². The lowest BCUT2D eigenvalue weighted by molar-refractivity contribution is -0.272. The van der Waals surface area contributed by atoms with E-state index in [0.717, 1.165) is 5.76 Å². The minimum Gasteiger partial charge on any atom is -0.467 e. The average molecular weight is 172 g/mol. The van der Waals surface area contributed by atoms with Crippen LogP contribution in [0.1, 0.15) is 5.76 Å². The molecule has 0 atom stereocenters. The molecule has 0 bridgehead atoms. The van der Waals surface area contributed by atoms with Crippen molar-refractivity contribution in [1.29, 1.82) is 0 Å². The van der Waals surface area contributed by atoms with Crippen LogP contribution >= 0.6 is 0 Å². The van der Waals surface area contributed by atoms with Crippen LogP contribution in [0.25, 0.3) is 0 Å². The third-order valence-corrected chi connectivity index (χ3v) is 1.33. The zero-order valence-electron chi connectivity index (χ0n) is 7.15. The minimum absolute atomic E-state index is 0.347. The van der Waals surface area contributed by atoms with Crippen molar-refractivity contribution in [3.05, 3.63) is 24.2 Å². The van der Waals surface area contributed by atoms with Crippen molar-refractivity contribution >= 4 is 0 Å². The average Bonchev–Trinajstić information content (AvgIpc) is 2.59. The van der Waals surface area contributed by atoms with Gasteiger partial charge in [0.25, 0.3) is 6.48 Å². The summed E-state index contributed by atoms with van der Waals surface area (Å²) in [7, 11) is 3.02. The Kier molecular flexibility index (Phi) is 3.79. The quantitative estimate of drug-likeness (QED) is 0.629. The maximum atomic E-state index is 5.15. The number of ether oxygens (including phenoxy) is 3.